The predicted molar refractivity (Wildman–Crippen MR) is 75.4 cm³/mol. The highest BCUT2D eigenvalue weighted by molar-refractivity contribution is 5.46. The van der Waals surface area contributed by atoms with Gasteiger partial charge in [0.05, 0.1) is 0 Å². The molecule has 1 N–H and O–H groups in total. The molecule has 0 saturated carbocycles. The molecule has 0 radical (unpaired) electrons. The number of benzene rings is 1. The molecule has 0 spiro atoms. The summed E-state index contributed by atoms with van der Waals surface area (Å²) in [6, 6.07) is 8.46. The van der Waals surface area contributed by atoms with Crippen molar-refractivity contribution >= 4 is 5.69 Å². The van der Waals surface area contributed by atoms with E-state index < -0.39 is 12.8 Å². The number of halogens is 3. The number of anilines is 1. The Balaban J connectivity index is 1.84. The lowest BCUT2D eigenvalue weighted by Gasteiger charge is -2.10. The SMILES string of the molecule is CCn1ccc(CNc2ccc(OCC(F)(F)F)cc2)c1. The van der Waals surface area contributed by atoms with Crippen molar-refractivity contribution in [3.63, 3.8) is 0 Å². The molecule has 0 aliphatic rings. The van der Waals surface area contributed by atoms with Gasteiger partial charge < -0.3 is 14.6 Å². The van der Waals surface area contributed by atoms with Gasteiger partial charge in [0.2, 0.25) is 0 Å². The van der Waals surface area contributed by atoms with E-state index in [4.69, 9.17) is 0 Å². The van der Waals surface area contributed by atoms with Gasteiger partial charge in [-0.2, -0.15) is 13.2 Å². The lowest BCUT2D eigenvalue weighted by molar-refractivity contribution is -0.153. The first-order valence-electron chi connectivity index (χ1n) is 6.64. The lowest BCUT2D eigenvalue weighted by atomic mass is 10.3. The summed E-state index contributed by atoms with van der Waals surface area (Å²) in [5.41, 5.74) is 1.98. The fraction of sp³-hybridized carbons (Fsp3) is 0.333. The van der Waals surface area contributed by atoms with E-state index in [9.17, 15) is 13.2 Å². The predicted octanol–water partition coefficient (Wildman–Crippen LogP) is 4.06. The number of nitrogens with zero attached hydrogens (tertiary/aromatic N) is 1. The van der Waals surface area contributed by atoms with Gasteiger partial charge in [0.15, 0.2) is 6.61 Å². The Bertz CT molecular complexity index is 561. The van der Waals surface area contributed by atoms with E-state index in [1.807, 2.05) is 18.5 Å². The second-order valence-corrected chi connectivity index (χ2v) is 4.63. The van der Waals surface area contributed by atoms with Crippen LogP contribution in [0.1, 0.15) is 12.5 Å². The molecule has 2 rings (SSSR count). The minimum Gasteiger partial charge on any atom is -0.484 e. The Morgan fingerprint density at radius 3 is 2.43 bits per heavy atom. The van der Waals surface area contributed by atoms with Crippen LogP contribution in [0.2, 0.25) is 0 Å². The smallest absolute Gasteiger partial charge is 0.422 e. The average molecular weight is 298 g/mol. The monoisotopic (exact) mass is 298 g/mol. The van der Waals surface area contributed by atoms with Crippen LogP contribution in [0.5, 0.6) is 5.75 Å². The molecule has 0 bridgehead atoms. The summed E-state index contributed by atoms with van der Waals surface area (Å²) >= 11 is 0. The van der Waals surface area contributed by atoms with Gasteiger partial charge in [-0.1, -0.05) is 0 Å². The van der Waals surface area contributed by atoms with Gasteiger partial charge in [-0.15, -0.1) is 0 Å². The molecular weight excluding hydrogens is 281 g/mol. The average Bonchev–Trinajstić information content (AvgIpc) is 2.91. The highest BCUT2D eigenvalue weighted by Crippen LogP contribution is 2.20. The fourth-order valence-corrected chi connectivity index (χ4v) is 1.83. The minimum absolute atomic E-state index is 0.204. The van der Waals surface area contributed by atoms with Crippen LogP contribution in [-0.2, 0) is 13.1 Å². The quantitative estimate of drug-likeness (QED) is 0.870. The highest BCUT2D eigenvalue weighted by atomic mass is 19.4. The Kier molecular flexibility index (Phi) is 4.77. The number of hydrogen-bond acceptors (Lipinski definition) is 2. The number of alkyl halides is 3. The molecule has 0 aliphatic carbocycles. The topological polar surface area (TPSA) is 26.2 Å². The molecule has 2 aromatic rings. The molecule has 0 aliphatic heterocycles. The van der Waals surface area contributed by atoms with Gasteiger partial charge in [0.1, 0.15) is 5.75 Å². The molecule has 0 saturated heterocycles. The Morgan fingerprint density at radius 1 is 1.14 bits per heavy atom. The normalized spacial score (nSPS) is 11.4. The Labute approximate surface area is 121 Å². The number of rotatable bonds is 6. The molecule has 1 heterocycles. The van der Waals surface area contributed by atoms with E-state index in [1.165, 1.54) is 12.1 Å². The van der Waals surface area contributed by atoms with Crippen LogP contribution in [0.3, 0.4) is 0 Å². The molecule has 0 amide bonds. The molecule has 3 nitrogen and oxygen atoms in total. The lowest BCUT2D eigenvalue weighted by Crippen LogP contribution is -2.19. The number of hydrogen-bond donors (Lipinski definition) is 1. The Morgan fingerprint density at radius 2 is 1.86 bits per heavy atom. The van der Waals surface area contributed by atoms with Crippen LogP contribution in [-0.4, -0.2) is 17.4 Å². The van der Waals surface area contributed by atoms with E-state index in [2.05, 4.69) is 21.5 Å². The highest BCUT2D eigenvalue weighted by Gasteiger charge is 2.28. The maximum Gasteiger partial charge on any atom is 0.422 e. The Hall–Kier alpha value is -2.11. The second-order valence-electron chi connectivity index (χ2n) is 4.63. The summed E-state index contributed by atoms with van der Waals surface area (Å²) in [4.78, 5) is 0. The number of aromatic nitrogens is 1. The van der Waals surface area contributed by atoms with Gasteiger partial charge in [0.25, 0.3) is 0 Å². The molecule has 114 valence electrons. The minimum atomic E-state index is -4.32. The van der Waals surface area contributed by atoms with Crippen molar-refractivity contribution < 1.29 is 17.9 Å². The summed E-state index contributed by atoms with van der Waals surface area (Å²) < 4.78 is 42.8. The van der Waals surface area contributed by atoms with E-state index >= 15 is 0 Å². The first-order valence-corrected chi connectivity index (χ1v) is 6.64. The molecule has 1 aromatic heterocycles. The van der Waals surface area contributed by atoms with Crippen LogP contribution >= 0.6 is 0 Å². The van der Waals surface area contributed by atoms with Gasteiger partial charge in [-0.25, -0.2) is 0 Å². The first-order chi connectivity index (χ1) is 9.96. The van der Waals surface area contributed by atoms with Gasteiger partial charge in [-0.05, 0) is 42.8 Å². The van der Waals surface area contributed by atoms with Crippen molar-refractivity contribution in [2.24, 2.45) is 0 Å². The van der Waals surface area contributed by atoms with E-state index in [0.717, 1.165) is 17.8 Å². The maximum absolute atomic E-state index is 12.0. The van der Waals surface area contributed by atoms with Crippen molar-refractivity contribution in [1.82, 2.24) is 4.57 Å². The molecular formula is C15H17F3N2O. The second kappa shape index (κ2) is 6.56. The van der Waals surface area contributed by atoms with Gasteiger partial charge in [0, 0.05) is 31.2 Å². The standard InChI is InChI=1S/C15H17F3N2O/c1-2-20-8-7-12(10-20)9-19-13-3-5-14(6-4-13)21-11-15(16,17)18/h3-8,10,19H,2,9,11H2,1H3. The van der Waals surface area contributed by atoms with Crippen molar-refractivity contribution in [3.8, 4) is 5.75 Å². The van der Waals surface area contributed by atoms with Crippen LogP contribution in [0, 0.1) is 0 Å². The number of ether oxygens (including phenoxy) is 1. The molecule has 0 atom stereocenters. The first kappa shape index (κ1) is 15.3. The van der Waals surface area contributed by atoms with Crippen molar-refractivity contribution in [2.45, 2.75) is 26.2 Å². The summed E-state index contributed by atoms with van der Waals surface area (Å²) in [5, 5.41) is 3.21. The third-order valence-corrected chi connectivity index (χ3v) is 2.93. The molecule has 1 aromatic carbocycles. The zero-order chi connectivity index (χ0) is 15.3. The van der Waals surface area contributed by atoms with Crippen molar-refractivity contribution in [3.05, 3.63) is 48.3 Å². The summed E-state index contributed by atoms with van der Waals surface area (Å²) in [5.74, 6) is 0.204. The third kappa shape index (κ3) is 5.06. The molecule has 0 unspecified atom stereocenters. The van der Waals surface area contributed by atoms with Crippen molar-refractivity contribution in [2.75, 3.05) is 11.9 Å². The van der Waals surface area contributed by atoms with Crippen LogP contribution in [0.4, 0.5) is 18.9 Å². The van der Waals surface area contributed by atoms with Crippen LogP contribution in [0.15, 0.2) is 42.7 Å². The largest absolute Gasteiger partial charge is 0.484 e. The zero-order valence-electron chi connectivity index (χ0n) is 11.7. The summed E-state index contributed by atoms with van der Waals surface area (Å²) in [7, 11) is 0. The fourth-order valence-electron chi connectivity index (χ4n) is 1.83. The summed E-state index contributed by atoms with van der Waals surface area (Å²) in [6.07, 6.45) is -0.262. The van der Waals surface area contributed by atoms with E-state index in [0.29, 0.717) is 6.54 Å². The molecule has 21 heavy (non-hydrogen) atoms. The van der Waals surface area contributed by atoms with Crippen LogP contribution < -0.4 is 10.1 Å². The van der Waals surface area contributed by atoms with Crippen LogP contribution in [0.25, 0.3) is 0 Å². The molecule has 0 fully saturated rings. The maximum atomic E-state index is 12.0. The number of aryl methyl sites for hydroxylation is 1. The summed E-state index contributed by atoms with van der Waals surface area (Å²) in [6.45, 7) is 2.38. The van der Waals surface area contributed by atoms with Gasteiger partial charge in [-0.3, -0.25) is 0 Å². The third-order valence-electron chi connectivity index (χ3n) is 2.93. The number of nitrogens with one attached hydrogen (secondary N) is 1. The van der Waals surface area contributed by atoms with E-state index in [1.54, 1.807) is 12.1 Å². The molecule has 6 heteroatoms. The van der Waals surface area contributed by atoms with Gasteiger partial charge >= 0.3 is 6.18 Å². The van der Waals surface area contributed by atoms with E-state index in [-0.39, 0.29) is 5.75 Å². The van der Waals surface area contributed by atoms with Crippen molar-refractivity contribution in [1.29, 1.82) is 0 Å². The zero-order valence-corrected chi connectivity index (χ0v) is 11.7.